The first kappa shape index (κ1) is 20.2. The Morgan fingerprint density at radius 3 is 1.20 bits per heavy atom. The fourth-order valence-corrected chi connectivity index (χ4v) is 4.63. The van der Waals surface area contributed by atoms with Gasteiger partial charge in [-0.2, -0.15) is 0 Å². The molecule has 0 saturated heterocycles. The van der Waals surface area contributed by atoms with E-state index in [4.69, 9.17) is 0 Å². The van der Waals surface area contributed by atoms with Crippen LogP contribution in [-0.4, -0.2) is 0 Å². The molecular weight excluding hydrogens is 360 g/mol. The van der Waals surface area contributed by atoms with E-state index in [9.17, 15) is 0 Å². The van der Waals surface area contributed by atoms with E-state index in [1.165, 1.54) is 50.9 Å². The molecular formula is C30H30. The minimum Gasteiger partial charge on any atom is -0.0656 e. The van der Waals surface area contributed by atoms with Crippen LogP contribution in [0.5, 0.6) is 0 Å². The Labute approximate surface area is 181 Å². The van der Waals surface area contributed by atoms with Gasteiger partial charge in [0.05, 0.1) is 5.41 Å². The molecule has 1 aliphatic carbocycles. The normalized spacial score (nSPS) is 13.1. The van der Waals surface area contributed by atoms with Crippen molar-refractivity contribution in [1.29, 1.82) is 0 Å². The van der Waals surface area contributed by atoms with Crippen molar-refractivity contribution in [2.75, 3.05) is 0 Å². The Morgan fingerprint density at radius 2 is 0.833 bits per heavy atom. The Bertz CT molecular complexity index is 1040. The molecule has 0 heterocycles. The van der Waals surface area contributed by atoms with Crippen LogP contribution in [0.4, 0.5) is 0 Å². The maximum absolute atomic E-state index is 2.30. The highest BCUT2D eigenvalue weighted by Crippen LogP contribution is 2.55. The van der Waals surface area contributed by atoms with E-state index in [1.54, 1.807) is 0 Å². The molecule has 5 rings (SSSR count). The van der Waals surface area contributed by atoms with Crippen molar-refractivity contribution in [2.45, 2.75) is 39.5 Å². The molecule has 0 radical (unpaired) electrons. The summed E-state index contributed by atoms with van der Waals surface area (Å²) in [6.07, 6.45) is 1.25. The largest absolute Gasteiger partial charge is 0.0713 e. The van der Waals surface area contributed by atoms with Crippen LogP contribution >= 0.6 is 0 Å². The van der Waals surface area contributed by atoms with Gasteiger partial charge in [-0.1, -0.05) is 128 Å². The van der Waals surface area contributed by atoms with Crippen molar-refractivity contribution in [3.05, 3.63) is 130 Å². The van der Waals surface area contributed by atoms with E-state index in [0.717, 1.165) is 0 Å². The number of rotatable bonds is 2. The van der Waals surface area contributed by atoms with Gasteiger partial charge in [-0.05, 0) is 47.2 Å². The molecule has 0 bridgehead atoms. The molecule has 0 aromatic heterocycles. The zero-order valence-electron chi connectivity index (χ0n) is 18.4. The third-order valence-electron chi connectivity index (χ3n) is 5.92. The van der Waals surface area contributed by atoms with Crippen LogP contribution in [0.25, 0.3) is 11.1 Å². The Morgan fingerprint density at radius 1 is 0.500 bits per heavy atom. The SMILES string of the molecule is CCC.Cc1ccc(C2(c3ccc(C)cc3)c3ccccc3-c3ccccc32)cc1. The molecule has 150 valence electrons. The zero-order chi connectivity index (χ0) is 21.1. The fraction of sp³-hybridized carbons (Fsp3) is 0.200. The average molecular weight is 391 g/mol. The third kappa shape index (κ3) is 3.17. The number of hydrogen-bond acceptors (Lipinski definition) is 0. The van der Waals surface area contributed by atoms with Gasteiger partial charge >= 0.3 is 0 Å². The molecule has 1 aliphatic rings. The third-order valence-corrected chi connectivity index (χ3v) is 5.92. The molecule has 0 N–H and O–H groups in total. The molecule has 4 aromatic carbocycles. The first-order valence-corrected chi connectivity index (χ1v) is 11.0. The maximum atomic E-state index is 2.30. The molecule has 0 heteroatoms. The van der Waals surface area contributed by atoms with Crippen LogP contribution in [0.3, 0.4) is 0 Å². The highest BCUT2D eigenvalue weighted by molar-refractivity contribution is 5.86. The van der Waals surface area contributed by atoms with E-state index < -0.39 is 0 Å². The highest BCUT2D eigenvalue weighted by atomic mass is 14.5. The molecule has 0 fully saturated rings. The van der Waals surface area contributed by atoms with Crippen LogP contribution in [-0.2, 0) is 5.41 Å². The molecule has 0 saturated carbocycles. The summed E-state index contributed by atoms with van der Waals surface area (Å²) >= 11 is 0. The van der Waals surface area contributed by atoms with Gasteiger partial charge in [0.15, 0.2) is 0 Å². The monoisotopic (exact) mass is 390 g/mol. The summed E-state index contributed by atoms with van der Waals surface area (Å²) < 4.78 is 0. The summed E-state index contributed by atoms with van der Waals surface area (Å²) in [6, 6.07) is 35.9. The minimum atomic E-state index is -0.269. The standard InChI is InChI=1S/C27H22.C3H8/c1-19-11-15-21(16-12-19)27(22-17-13-20(2)14-18-22)25-9-5-3-7-23(25)24-8-4-6-10-26(24)27;1-3-2/h3-18H,1-2H3;3H2,1-2H3. The Balaban J connectivity index is 0.000000687. The summed E-state index contributed by atoms with van der Waals surface area (Å²) in [5, 5.41) is 0. The average Bonchev–Trinajstić information content (AvgIpc) is 3.07. The summed E-state index contributed by atoms with van der Waals surface area (Å²) in [6.45, 7) is 8.55. The molecule has 0 aliphatic heterocycles. The molecule has 4 aromatic rings. The van der Waals surface area contributed by atoms with Gasteiger partial charge in [0.1, 0.15) is 0 Å². The van der Waals surface area contributed by atoms with Crippen LogP contribution in [0.2, 0.25) is 0 Å². The highest BCUT2D eigenvalue weighted by Gasteiger charge is 2.45. The number of hydrogen-bond donors (Lipinski definition) is 0. The summed E-state index contributed by atoms with van der Waals surface area (Å²) in [7, 11) is 0. The van der Waals surface area contributed by atoms with Crippen LogP contribution in [0.15, 0.2) is 97.1 Å². The van der Waals surface area contributed by atoms with Gasteiger partial charge in [-0.15, -0.1) is 0 Å². The van der Waals surface area contributed by atoms with Crippen LogP contribution in [0.1, 0.15) is 53.6 Å². The van der Waals surface area contributed by atoms with Crippen molar-refractivity contribution < 1.29 is 0 Å². The van der Waals surface area contributed by atoms with Gasteiger partial charge < -0.3 is 0 Å². The molecule has 0 amide bonds. The quantitative estimate of drug-likeness (QED) is 0.286. The van der Waals surface area contributed by atoms with E-state index >= 15 is 0 Å². The van der Waals surface area contributed by atoms with E-state index in [1.807, 2.05) is 0 Å². The lowest BCUT2D eigenvalue weighted by atomic mass is 9.67. The number of fused-ring (bicyclic) bond motifs is 3. The first-order valence-electron chi connectivity index (χ1n) is 11.0. The lowest BCUT2D eigenvalue weighted by Crippen LogP contribution is -2.28. The van der Waals surface area contributed by atoms with Gasteiger partial charge in [0.25, 0.3) is 0 Å². The first-order chi connectivity index (χ1) is 14.6. The van der Waals surface area contributed by atoms with Crippen molar-refractivity contribution in [2.24, 2.45) is 0 Å². The van der Waals surface area contributed by atoms with E-state index in [-0.39, 0.29) is 5.41 Å². The zero-order valence-corrected chi connectivity index (χ0v) is 18.4. The van der Waals surface area contributed by atoms with Gasteiger partial charge in [-0.25, -0.2) is 0 Å². The van der Waals surface area contributed by atoms with Crippen molar-refractivity contribution in [1.82, 2.24) is 0 Å². The number of aryl methyl sites for hydroxylation is 2. The predicted octanol–water partition coefficient (Wildman–Crippen LogP) is 8.08. The van der Waals surface area contributed by atoms with Gasteiger partial charge in [0, 0.05) is 0 Å². The Kier molecular flexibility index (Phi) is 5.59. The predicted molar refractivity (Wildman–Crippen MR) is 129 cm³/mol. The van der Waals surface area contributed by atoms with E-state index in [2.05, 4.69) is 125 Å². The number of benzene rings is 4. The van der Waals surface area contributed by atoms with Gasteiger partial charge in [-0.3, -0.25) is 0 Å². The van der Waals surface area contributed by atoms with E-state index in [0.29, 0.717) is 0 Å². The van der Waals surface area contributed by atoms with Gasteiger partial charge in [0.2, 0.25) is 0 Å². The maximum Gasteiger partial charge on any atom is 0.0713 e. The molecule has 0 nitrogen and oxygen atoms in total. The molecule has 30 heavy (non-hydrogen) atoms. The second kappa shape index (κ2) is 8.32. The second-order valence-corrected chi connectivity index (χ2v) is 8.28. The Hall–Kier alpha value is -3.12. The topological polar surface area (TPSA) is 0 Å². The molecule has 0 unspecified atom stereocenters. The summed E-state index contributed by atoms with van der Waals surface area (Å²) in [4.78, 5) is 0. The lowest BCUT2D eigenvalue weighted by molar-refractivity contribution is 0.767. The second-order valence-electron chi connectivity index (χ2n) is 8.28. The molecule has 0 atom stereocenters. The summed E-state index contributed by atoms with van der Waals surface area (Å²) in [5.41, 5.74) is 10.4. The fourth-order valence-electron chi connectivity index (χ4n) is 4.63. The van der Waals surface area contributed by atoms with Crippen LogP contribution in [0, 0.1) is 13.8 Å². The van der Waals surface area contributed by atoms with Crippen LogP contribution < -0.4 is 0 Å². The smallest absolute Gasteiger partial charge is 0.0656 e. The van der Waals surface area contributed by atoms with Crippen molar-refractivity contribution >= 4 is 0 Å². The minimum absolute atomic E-state index is 0.269. The van der Waals surface area contributed by atoms with Crippen molar-refractivity contribution in [3.8, 4) is 11.1 Å². The van der Waals surface area contributed by atoms with Crippen molar-refractivity contribution in [3.63, 3.8) is 0 Å². The lowest BCUT2D eigenvalue weighted by Gasteiger charge is -2.34. The summed E-state index contributed by atoms with van der Waals surface area (Å²) in [5.74, 6) is 0. The molecule has 0 spiro atoms.